The largest absolute Gasteiger partial charge is 0.427 e. The highest BCUT2D eigenvalue weighted by Gasteiger charge is 2.41. The quantitative estimate of drug-likeness (QED) is 0.624. The molecule has 0 heterocycles. The van der Waals surface area contributed by atoms with E-state index in [0.717, 1.165) is 11.9 Å². The number of aliphatic hydroxyl groups is 1. The van der Waals surface area contributed by atoms with Crippen molar-refractivity contribution in [3.05, 3.63) is 47.1 Å². The molecule has 2 aliphatic rings. The molecular formula is C22H29BClO2. The maximum atomic E-state index is 10.3. The smallest absolute Gasteiger partial charge is 0.330 e. The minimum atomic E-state index is -0.935. The van der Waals surface area contributed by atoms with Gasteiger partial charge in [-0.3, -0.25) is 0 Å². The predicted molar refractivity (Wildman–Crippen MR) is 111 cm³/mol. The van der Waals surface area contributed by atoms with E-state index >= 15 is 0 Å². The molecule has 1 unspecified atom stereocenters. The lowest BCUT2D eigenvalue weighted by molar-refractivity contribution is -0.0893. The van der Waals surface area contributed by atoms with Gasteiger partial charge in [0, 0.05) is 5.41 Å². The lowest BCUT2D eigenvalue weighted by Crippen LogP contribution is -2.49. The van der Waals surface area contributed by atoms with Crippen molar-refractivity contribution in [3.63, 3.8) is 0 Å². The summed E-state index contributed by atoms with van der Waals surface area (Å²) in [5.74, 6) is 0. The van der Waals surface area contributed by atoms with E-state index in [0.29, 0.717) is 0 Å². The molecule has 0 saturated heterocycles. The van der Waals surface area contributed by atoms with Crippen LogP contribution in [0.4, 0.5) is 0 Å². The Labute approximate surface area is 163 Å². The van der Waals surface area contributed by atoms with Crippen LogP contribution < -0.4 is 5.46 Å². The molecule has 0 saturated carbocycles. The minimum absolute atomic E-state index is 0.0544. The number of fused-ring (bicyclic) bond motifs is 2. The van der Waals surface area contributed by atoms with E-state index in [1.165, 1.54) is 22.3 Å². The van der Waals surface area contributed by atoms with Crippen LogP contribution >= 0.6 is 11.6 Å². The third-order valence-corrected chi connectivity index (χ3v) is 6.43. The Kier molecular flexibility index (Phi) is 4.54. The first-order valence-corrected chi connectivity index (χ1v) is 9.62. The zero-order valence-electron chi connectivity index (χ0n) is 16.9. The van der Waals surface area contributed by atoms with E-state index in [1.54, 1.807) is 21.3 Å². The third-order valence-electron chi connectivity index (χ3n) is 6.17. The Bertz CT molecular complexity index is 795. The van der Waals surface area contributed by atoms with Crippen molar-refractivity contribution in [1.82, 2.24) is 0 Å². The Balaban J connectivity index is 1.88. The van der Waals surface area contributed by atoms with E-state index in [-0.39, 0.29) is 10.3 Å². The van der Waals surface area contributed by atoms with Crippen molar-refractivity contribution in [3.8, 4) is 0 Å². The number of alkyl halides is 1. The highest BCUT2D eigenvalue weighted by molar-refractivity contribution is 6.47. The van der Waals surface area contributed by atoms with Crippen LogP contribution in [-0.4, -0.2) is 28.7 Å². The molecule has 139 valence electrons. The Morgan fingerprint density at radius 2 is 1.81 bits per heavy atom. The zero-order valence-corrected chi connectivity index (χ0v) is 17.7. The fraction of sp³-hybridized carbons (Fsp3) is 0.545. The monoisotopic (exact) mass is 371 g/mol. The number of rotatable bonds is 4. The third kappa shape index (κ3) is 3.30. The molecule has 0 spiro atoms. The molecule has 1 N–H and O–H groups in total. The molecule has 0 amide bonds. The first-order valence-electron chi connectivity index (χ1n) is 9.25. The molecule has 1 atom stereocenters. The standard InChI is InChI=1S/C22H29BClO2/c1-19(2)17-12-14(23-26-21(5,6)20(3,4)25)8-9-15(17)16-10-11-22(7,24)13-18(16)19/h8-12,25H,13H2,1-7H3. The van der Waals surface area contributed by atoms with E-state index in [9.17, 15) is 5.11 Å². The van der Waals surface area contributed by atoms with Crippen LogP contribution in [0.1, 0.15) is 66.0 Å². The topological polar surface area (TPSA) is 29.5 Å². The lowest BCUT2D eigenvalue weighted by Gasteiger charge is -2.37. The number of benzene rings is 1. The molecule has 2 nitrogen and oxygen atoms in total. The second-order valence-electron chi connectivity index (χ2n) is 9.42. The number of hydrogen-bond acceptors (Lipinski definition) is 2. The van der Waals surface area contributed by atoms with Gasteiger partial charge in [0.2, 0.25) is 0 Å². The van der Waals surface area contributed by atoms with Gasteiger partial charge in [0.25, 0.3) is 0 Å². The average molecular weight is 372 g/mol. The summed E-state index contributed by atoms with van der Waals surface area (Å²) in [5, 5.41) is 10.3. The van der Waals surface area contributed by atoms with Gasteiger partial charge in [0.1, 0.15) is 0 Å². The van der Waals surface area contributed by atoms with Gasteiger partial charge in [-0.05, 0) is 57.7 Å². The van der Waals surface area contributed by atoms with E-state index in [1.807, 2.05) is 13.8 Å². The SMILES string of the molecule is CC1(Cl)C=CC2=C(C1)C(C)(C)c1cc([B]OC(C)(C)C(C)(C)O)ccc12. The first-order chi connectivity index (χ1) is 11.7. The van der Waals surface area contributed by atoms with Gasteiger partial charge in [-0.15, -0.1) is 11.6 Å². The summed E-state index contributed by atoms with van der Waals surface area (Å²) >= 11 is 6.61. The van der Waals surface area contributed by atoms with Crippen LogP contribution in [0.2, 0.25) is 0 Å². The number of allylic oxidation sites excluding steroid dienone is 4. The van der Waals surface area contributed by atoms with Crippen LogP contribution in [-0.2, 0) is 10.1 Å². The molecule has 26 heavy (non-hydrogen) atoms. The minimum Gasteiger partial charge on any atom is -0.427 e. The maximum Gasteiger partial charge on any atom is 0.330 e. The van der Waals surface area contributed by atoms with E-state index < -0.39 is 11.2 Å². The molecule has 1 aromatic rings. The van der Waals surface area contributed by atoms with Gasteiger partial charge in [-0.1, -0.05) is 55.2 Å². The zero-order chi connectivity index (χ0) is 19.5. The van der Waals surface area contributed by atoms with Crippen LogP contribution in [0, 0.1) is 0 Å². The van der Waals surface area contributed by atoms with Gasteiger partial charge in [-0.2, -0.15) is 0 Å². The summed E-state index contributed by atoms with van der Waals surface area (Å²) in [7, 11) is 1.76. The molecule has 2 aliphatic carbocycles. The molecular weight excluding hydrogens is 343 g/mol. The molecule has 0 aliphatic heterocycles. The molecule has 1 aromatic carbocycles. The fourth-order valence-electron chi connectivity index (χ4n) is 3.58. The van der Waals surface area contributed by atoms with Crippen LogP contribution in [0.15, 0.2) is 35.9 Å². The Morgan fingerprint density at radius 3 is 2.42 bits per heavy atom. The van der Waals surface area contributed by atoms with Crippen molar-refractivity contribution in [2.45, 2.75) is 76.4 Å². The van der Waals surface area contributed by atoms with Crippen molar-refractivity contribution in [2.75, 3.05) is 0 Å². The summed E-state index contributed by atoms with van der Waals surface area (Å²) in [6, 6.07) is 6.45. The van der Waals surface area contributed by atoms with Crippen molar-refractivity contribution < 1.29 is 9.76 Å². The van der Waals surface area contributed by atoms with E-state index in [4.69, 9.17) is 16.3 Å². The normalized spacial score (nSPS) is 24.5. The molecule has 0 aromatic heterocycles. The average Bonchev–Trinajstić information content (AvgIpc) is 2.71. The van der Waals surface area contributed by atoms with Gasteiger partial charge < -0.3 is 9.76 Å². The summed E-state index contributed by atoms with van der Waals surface area (Å²) in [6.45, 7) is 13.9. The summed E-state index contributed by atoms with van der Waals surface area (Å²) in [4.78, 5) is -0.313. The summed E-state index contributed by atoms with van der Waals surface area (Å²) < 4.78 is 5.94. The highest BCUT2D eigenvalue weighted by Crippen LogP contribution is 2.52. The van der Waals surface area contributed by atoms with Gasteiger partial charge in [-0.25, -0.2) is 0 Å². The summed E-state index contributed by atoms with van der Waals surface area (Å²) in [5.41, 5.74) is 4.65. The first kappa shape index (κ1) is 19.7. The number of halogens is 1. The van der Waals surface area contributed by atoms with Crippen molar-refractivity contribution >= 4 is 30.1 Å². The Morgan fingerprint density at radius 1 is 1.15 bits per heavy atom. The van der Waals surface area contributed by atoms with Gasteiger partial charge >= 0.3 is 7.48 Å². The van der Waals surface area contributed by atoms with Crippen molar-refractivity contribution in [2.24, 2.45) is 0 Å². The summed E-state index contributed by atoms with van der Waals surface area (Å²) in [6.07, 6.45) is 5.15. The van der Waals surface area contributed by atoms with Gasteiger partial charge in [0.15, 0.2) is 0 Å². The number of hydrogen-bond donors (Lipinski definition) is 1. The molecule has 0 bridgehead atoms. The van der Waals surface area contributed by atoms with Crippen LogP contribution in [0.25, 0.3) is 5.57 Å². The molecule has 0 fully saturated rings. The van der Waals surface area contributed by atoms with Crippen LogP contribution in [0.3, 0.4) is 0 Å². The highest BCUT2D eigenvalue weighted by atomic mass is 35.5. The van der Waals surface area contributed by atoms with Crippen LogP contribution in [0.5, 0.6) is 0 Å². The lowest BCUT2D eigenvalue weighted by atomic mass is 9.74. The Hall–Kier alpha value is -1.03. The maximum absolute atomic E-state index is 10.3. The van der Waals surface area contributed by atoms with E-state index in [2.05, 4.69) is 51.1 Å². The fourth-order valence-corrected chi connectivity index (χ4v) is 3.77. The van der Waals surface area contributed by atoms with Gasteiger partial charge in [0.05, 0.1) is 16.1 Å². The molecule has 1 radical (unpaired) electrons. The molecule has 4 heteroatoms. The van der Waals surface area contributed by atoms with Crippen molar-refractivity contribution in [1.29, 1.82) is 0 Å². The predicted octanol–water partition coefficient (Wildman–Crippen LogP) is 4.50. The second kappa shape index (κ2) is 5.99. The molecule has 3 rings (SSSR count). The second-order valence-corrected chi connectivity index (χ2v) is 10.3.